The molecule has 0 unspecified atom stereocenters. The van der Waals surface area contributed by atoms with E-state index >= 15 is 0 Å². The number of oxazole rings is 1. The summed E-state index contributed by atoms with van der Waals surface area (Å²) in [6.45, 7) is 3.18. The van der Waals surface area contributed by atoms with Gasteiger partial charge >= 0.3 is 5.76 Å². The number of aryl methyl sites for hydroxylation is 3. The van der Waals surface area contributed by atoms with Gasteiger partial charge in [0.15, 0.2) is 11.3 Å². The predicted octanol–water partition coefficient (Wildman–Crippen LogP) is 1.21. The molecule has 2 heterocycles. The molecule has 0 aliphatic heterocycles. The van der Waals surface area contributed by atoms with Crippen LogP contribution in [0.25, 0.3) is 11.1 Å². The van der Waals surface area contributed by atoms with Crippen molar-refractivity contribution < 1.29 is 17.4 Å². The summed E-state index contributed by atoms with van der Waals surface area (Å²) in [4.78, 5) is 11.5. The Kier molecular flexibility index (Phi) is 3.61. The second-order valence-corrected chi connectivity index (χ2v) is 6.91. The van der Waals surface area contributed by atoms with Gasteiger partial charge in [0.2, 0.25) is 10.0 Å². The molecule has 9 heteroatoms. The monoisotopic (exact) mass is 337 g/mol. The van der Waals surface area contributed by atoms with E-state index < -0.39 is 15.8 Å². The van der Waals surface area contributed by atoms with Crippen LogP contribution in [0, 0.1) is 13.8 Å². The molecule has 1 N–H and O–H groups in total. The second kappa shape index (κ2) is 5.36. The largest absolute Gasteiger partial charge is 0.419 e. The van der Waals surface area contributed by atoms with Crippen LogP contribution in [0.3, 0.4) is 0 Å². The molecule has 0 saturated carbocycles. The van der Waals surface area contributed by atoms with Gasteiger partial charge in [-0.25, -0.2) is 17.9 Å². The Hall–Kier alpha value is -2.39. The third-order valence-electron chi connectivity index (χ3n) is 3.56. The molecule has 2 aromatic heterocycles. The van der Waals surface area contributed by atoms with Gasteiger partial charge in [-0.1, -0.05) is 11.2 Å². The van der Waals surface area contributed by atoms with E-state index in [0.29, 0.717) is 22.4 Å². The van der Waals surface area contributed by atoms with Gasteiger partial charge in [0.1, 0.15) is 10.6 Å². The average Bonchev–Trinajstić information content (AvgIpc) is 2.98. The van der Waals surface area contributed by atoms with Crippen LogP contribution in [0.15, 0.2) is 36.8 Å². The van der Waals surface area contributed by atoms with Gasteiger partial charge in [-0.3, -0.25) is 4.57 Å². The van der Waals surface area contributed by atoms with E-state index in [1.807, 2.05) is 0 Å². The molecule has 23 heavy (non-hydrogen) atoms. The van der Waals surface area contributed by atoms with E-state index in [1.54, 1.807) is 39.1 Å². The molecule has 0 spiro atoms. The lowest BCUT2D eigenvalue weighted by Crippen LogP contribution is -2.24. The molecule has 0 amide bonds. The maximum atomic E-state index is 12.4. The minimum absolute atomic E-state index is 0.0503. The average molecular weight is 337 g/mol. The Balaban J connectivity index is 1.88. The molecular weight excluding hydrogens is 322 g/mol. The highest BCUT2D eigenvalue weighted by Crippen LogP contribution is 2.19. The SMILES string of the molecule is Cc1noc(C)c1S(=O)(=O)NCc1ccc2oc(=O)n(C)c2c1. The summed E-state index contributed by atoms with van der Waals surface area (Å²) in [5.41, 5.74) is 2.06. The van der Waals surface area contributed by atoms with Crippen LogP contribution in [-0.4, -0.2) is 18.1 Å². The van der Waals surface area contributed by atoms with Crippen LogP contribution in [0.1, 0.15) is 17.0 Å². The van der Waals surface area contributed by atoms with E-state index in [1.165, 1.54) is 4.57 Å². The fourth-order valence-electron chi connectivity index (χ4n) is 2.39. The van der Waals surface area contributed by atoms with E-state index in [2.05, 4.69) is 9.88 Å². The van der Waals surface area contributed by atoms with E-state index in [4.69, 9.17) is 8.94 Å². The van der Waals surface area contributed by atoms with E-state index in [9.17, 15) is 13.2 Å². The van der Waals surface area contributed by atoms with Crippen molar-refractivity contribution in [1.82, 2.24) is 14.4 Å². The van der Waals surface area contributed by atoms with Crippen molar-refractivity contribution in [2.45, 2.75) is 25.3 Å². The maximum absolute atomic E-state index is 12.4. The van der Waals surface area contributed by atoms with E-state index in [-0.39, 0.29) is 17.2 Å². The Morgan fingerprint density at radius 1 is 1.30 bits per heavy atom. The molecule has 0 atom stereocenters. The molecule has 0 radical (unpaired) electrons. The van der Waals surface area contributed by atoms with Crippen molar-refractivity contribution in [1.29, 1.82) is 0 Å². The van der Waals surface area contributed by atoms with Gasteiger partial charge in [0, 0.05) is 13.6 Å². The number of sulfonamides is 1. The summed E-state index contributed by atoms with van der Waals surface area (Å²) in [5, 5.41) is 3.65. The third-order valence-corrected chi connectivity index (χ3v) is 5.20. The molecule has 122 valence electrons. The summed E-state index contributed by atoms with van der Waals surface area (Å²) >= 11 is 0. The Labute approximate surface area is 131 Å². The molecule has 8 nitrogen and oxygen atoms in total. The van der Waals surface area contributed by atoms with Crippen LogP contribution >= 0.6 is 0 Å². The van der Waals surface area contributed by atoms with Crippen LogP contribution in [0.2, 0.25) is 0 Å². The van der Waals surface area contributed by atoms with Gasteiger partial charge in [-0.05, 0) is 31.5 Å². The maximum Gasteiger partial charge on any atom is 0.419 e. The predicted molar refractivity (Wildman–Crippen MR) is 81.5 cm³/mol. The lowest BCUT2D eigenvalue weighted by Gasteiger charge is -2.06. The van der Waals surface area contributed by atoms with Crippen LogP contribution in [0.5, 0.6) is 0 Å². The van der Waals surface area contributed by atoms with Crippen LogP contribution < -0.4 is 10.5 Å². The number of nitrogens with one attached hydrogen (secondary N) is 1. The van der Waals surface area contributed by atoms with Crippen molar-refractivity contribution >= 4 is 21.1 Å². The normalized spacial score (nSPS) is 12.1. The van der Waals surface area contributed by atoms with Crippen molar-refractivity contribution in [3.8, 4) is 0 Å². The Morgan fingerprint density at radius 3 is 2.70 bits per heavy atom. The molecule has 0 saturated heterocycles. The van der Waals surface area contributed by atoms with Crippen molar-refractivity contribution in [3.05, 3.63) is 45.8 Å². The van der Waals surface area contributed by atoms with Gasteiger partial charge in [0.25, 0.3) is 0 Å². The zero-order valence-electron chi connectivity index (χ0n) is 12.8. The number of hydrogen-bond acceptors (Lipinski definition) is 6. The number of aromatic nitrogens is 2. The standard InChI is InChI=1S/C14H15N3O5S/c1-8-13(9(2)22-16-8)23(19,20)15-7-10-4-5-12-11(6-10)17(3)14(18)21-12/h4-6,15H,7H2,1-3H3. The highest BCUT2D eigenvalue weighted by Gasteiger charge is 2.23. The second-order valence-electron chi connectivity index (χ2n) is 5.21. The number of rotatable bonds is 4. The molecule has 0 bridgehead atoms. The molecule has 0 aliphatic carbocycles. The van der Waals surface area contributed by atoms with Crippen molar-refractivity contribution in [3.63, 3.8) is 0 Å². The third kappa shape index (κ3) is 2.68. The van der Waals surface area contributed by atoms with Gasteiger partial charge in [-0.2, -0.15) is 0 Å². The van der Waals surface area contributed by atoms with Gasteiger partial charge in [0.05, 0.1) is 5.52 Å². The fraction of sp³-hybridized carbons (Fsp3) is 0.286. The smallest absolute Gasteiger partial charge is 0.408 e. The summed E-state index contributed by atoms with van der Waals surface area (Å²) in [5.74, 6) is -0.226. The van der Waals surface area contributed by atoms with Crippen LogP contribution in [0.4, 0.5) is 0 Å². The summed E-state index contributed by atoms with van der Waals surface area (Å²) in [6, 6.07) is 5.04. The lowest BCUT2D eigenvalue weighted by molar-refractivity contribution is 0.390. The Morgan fingerprint density at radius 2 is 2.04 bits per heavy atom. The first-order chi connectivity index (χ1) is 10.8. The number of fused-ring (bicyclic) bond motifs is 1. The van der Waals surface area contributed by atoms with Crippen molar-refractivity contribution in [2.24, 2.45) is 7.05 Å². The first kappa shape index (κ1) is 15.5. The Bertz CT molecular complexity index is 1020. The number of nitrogens with zero attached hydrogens (tertiary/aromatic N) is 2. The summed E-state index contributed by atoms with van der Waals surface area (Å²) in [6.07, 6.45) is 0. The first-order valence-corrected chi connectivity index (χ1v) is 8.29. The first-order valence-electron chi connectivity index (χ1n) is 6.80. The lowest BCUT2D eigenvalue weighted by atomic mass is 10.2. The zero-order chi connectivity index (χ0) is 16.8. The molecule has 0 fully saturated rings. The highest BCUT2D eigenvalue weighted by atomic mass is 32.2. The summed E-state index contributed by atoms with van der Waals surface area (Å²) < 4.78 is 38.5. The zero-order valence-corrected chi connectivity index (χ0v) is 13.6. The fourth-order valence-corrected chi connectivity index (χ4v) is 3.73. The summed E-state index contributed by atoms with van der Waals surface area (Å²) in [7, 11) is -2.14. The van der Waals surface area contributed by atoms with Crippen LogP contribution in [-0.2, 0) is 23.6 Å². The molecular formula is C14H15N3O5S. The molecule has 0 aliphatic rings. The number of benzene rings is 1. The van der Waals surface area contributed by atoms with Crippen molar-refractivity contribution in [2.75, 3.05) is 0 Å². The minimum atomic E-state index is -3.73. The highest BCUT2D eigenvalue weighted by molar-refractivity contribution is 7.89. The molecule has 3 rings (SSSR count). The topological polar surface area (TPSA) is 107 Å². The molecule has 3 aromatic rings. The molecule has 1 aromatic carbocycles. The minimum Gasteiger partial charge on any atom is -0.408 e. The number of hydrogen-bond donors (Lipinski definition) is 1. The van der Waals surface area contributed by atoms with E-state index in [0.717, 1.165) is 0 Å². The van der Waals surface area contributed by atoms with Gasteiger partial charge in [-0.15, -0.1) is 0 Å². The van der Waals surface area contributed by atoms with Gasteiger partial charge < -0.3 is 8.94 Å². The quantitative estimate of drug-likeness (QED) is 0.767.